The number of aryl methyl sites for hydroxylation is 1. The molecule has 0 aliphatic rings. The van der Waals surface area contributed by atoms with Crippen LogP contribution in [-0.4, -0.2) is 31.4 Å². The summed E-state index contributed by atoms with van der Waals surface area (Å²) < 4.78 is 1.95. The van der Waals surface area contributed by atoms with Crippen LogP contribution in [0.1, 0.15) is 12.5 Å². The van der Waals surface area contributed by atoms with Gasteiger partial charge in [-0.05, 0) is 42.3 Å². The van der Waals surface area contributed by atoms with E-state index in [1.807, 2.05) is 71.3 Å². The van der Waals surface area contributed by atoms with Crippen molar-refractivity contribution in [1.29, 1.82) is 0 Å². The topological polar surface area (TPSA) is 72.7 Å². The Balaban J connectivity index is 1.57. The molecule has 2 heterocycles. The lowest BCUT2D eigenvalue weighted by atomic mass is 10.1. The molecule has 2 aromatic carbocycles. The van der Waals surface area contributed by atoms with Crippen LogP contribution in [0.5, 0.6) is 0 Å². The highest BCUT2D eigenvalue weighted by Gasteiger charge is 2.17. The Kier molecular flexibility index (Phi) is 6.20. The van der Waals surface area contributed by atoms with Gasteiger partial charge in [0.25, 0.3) is 0 Å². The van der Waals surface area contributed by atoms with E-state index in [4.69, 9.17) is 0 Å². The molecule has 0 aliphatic heterocycles. The molecule has 0 fully saturated rings. The van der Waals surface area contributed by atoms with Gasteiger partial charge in [0.1, 0.15) is 0 Å². The van der Waals surface area contributed by atoms with Crippen molar-refractivity contribution in [1.82, 2.24) is 19.7 Å². The predicted molar refractivity (Wildman–Crippen MR) is 120 cm³/mol. The Hall–Kier alpha value is -3.45. The van der Waals surface area contributed by atoms with Crippen LogP contribution < -0.4 is 5.32 Å². The maximum atomic E-state index is 12.6. The molecule has 2 aromatic heterocycles. The second-order valence-electron chi connectivity index (χ2n) is 6.57. The molecule has 4 rings (SSSR count). The number of thioether (sulfide) groups is 1. The second kappa shape index (κ2) is 9.37. The number of anilines is 1. The minimum absolute atomic E-state index is 0.0774. The van der Waals surface area contributed by atoms with Crippen LogP contribution in [0.25, 0.3) is 17.1 Å². The van der Waals surface area contributed by atoms with Crippen LogP contribution in [0.3, 0.4) is 0 Å². The number of nitrogens with one attached hydrogen (secondary N) is 1. The number of aromatic nitrogens is 4. The van der Waals surface area contributed by atoms with E-state index >= 15 is 0 Å². The second-order valence-corrected chi connectivity index (χ2v) is 7.51. The van der Waals surface area contributed by atoms with Crippen LogP contribution in [0, 0.1) is 0 Å². The van der Waals surface area contributed by atoms with Gasteiger partial charge in [-0.15, -0.1) is 10.2 Å². The maximum Gasteiger partial charge on any atom is 0.234 e. The van der Waals surface area contributed by atoms with Gasteiger partial charge < -0.3 is 5.32 Å². The molecule has 30 heavy (non-hydrogen) atoms. The third kappa shape index (κ3) is 4.41. The number of amides is 1. The Morgan fingerprint density at radius 2 is 1.80 bits per heavy atom. The standard InChI is InChI=1S/C23H21N5OS/c1-2-17-9-6-7-13-20(17)25-21(29)16-30-23-27-26-22(18-10-8-14-24-15-18)28(23)19-11-4-3-5-12-19/h3-15H,2,16H2,1H3,(H,25,29). The summed E-state index contributed by atoms with van der Waals surface area (Å²) >= 11 is 1.36. The lowest BCUT2D eigenvalue weighted by Crippen LogP contribution is -2.15. The number of nitrogens with zero attached hydrogens (tertiary/aromatic N) is 4. The van der Waals surface area contributed by atoms with E-state index < -0.39 is 0 Å². The summed E-state index contributed by atoms with van der Waals surface area (Å²) in [6.45, 7) is 2.07. The average molecular weight is 416 g/mol. The number of carbonyl (C=O) groups is 1. The molecule has 0 unspecified atom stereocenters. The normalized spacial score (nSPS) is 10.7. The minimum atomic E-state index is -0.0774. The number of hydrogen-bond donors (Lipinski definition) is 1. The largest absolute Gasteiger partial charge is 0.325 e. The Morgan fingerprint density at radius 3 is 2.57 bits per heavy atom. The van der Waals surface area contributed by atoms with Crippen molar-refractivity contribution in [2.75, 3.05) is 11.1 Å². The zero-order valence-electron chi connectivity index (χ0n) is 16.5. The van der Waals surface area contributed by atoms with Crippen LogP contribution in [0.2, 0.25) is 0 Å². The van der Waals surface area contributed by atoms with E-state index in [1.165, 1.54) is 11.8 Å². The fraction of sp³-hybridized carbons (Fsp3) is 0.130. The molecule has 0 saturated carbocycles. The molecule has 0 bridgehead atoms. The van der Waals surface area contributed by atoms with Gasteiger partial charge in [-0.25, -0.2) is 0 Å². The van der Waals surface area contributed by atoms with E-state index in [2.05, 4.69) is 27.4 Å². The molecule has 4 aromatic rings. The van der Waals surface area contributed by atoms with Crippen molar-refractivity contribution in [3.63, 3.8) is 0 Å². The van der Waals surface area contributed by atoms with Gasteiger partial charge in [-0.1, -0.05) is 55.1 Å². The molecule has 0 aliphatic carbocycles. The Bertz CT molecular complexity index is 1130. The van der Waals surface area contributed by atoms with E-state index in [9.17, 15) is 4.79 Å². The van der Waals surface area contributed by atoms with Crippen molar-refractivity contribution < 1.29 is 4.79 Å². The summed E-state index contributed by atoms with van der Waals surface area (Å²) in [5.41, 5.74) is 3.76. The molecular weight excluding hydrogens is 394 g/mol. The average Bonchev–Trinajstić information content (AvgIpc) is 3.23. The van der Waals surface area contributed by atoms with E-state index in [1.54, 1.807) is 12.4 Å². The van der Waals surface area contributed by atoms with Crippen molar-refractivity contribution >= 4 is 23.4 Å². The molecule has 1 amide bonds. The van der Waals surface area contributed by atoms with Crippen LogP contribution >= 0.6 is 11.8 Å². The van der Waals surface area contributed by atoms with Gasteiger partial charge in [0.2, 0.25) is 5.91 Å². The van der Waals surface area contributed by atoms with Gasteiger partial charge >= 0.3 is 0 Å². The maximum absolute atomic E-state index is 12.6. The summed E-state index contributed by atoms with van der Waals surface area (Å²) in [4.78, 5) is 16.8. The van der Waals surface area contributed by atoms with Crippen molar-refractivity contribution in [3.8, 4) is 17.1 Å². The van der Waals surface area contributed by atoms with Crippen molar-refractivity contribution in [3.05, 3.63) is 84.7 Å². The molecule has 7 heteroatoms. The quantitative estimate of drug-likeness (QED) is 0.446. The monoisotopic (exact) mass is 415 g/mol. The summed E-state index contributed by atoms with van der Waals surface area (Å²) in [5, 5.41) is 12.4. The third-order valence-electron chi connectivity index (χ3n) is 4.57. The van der Waals surface area contributed by atoms with Crippen molar-refractivity contribution in [2.24, 2.45) is 0 Å². The Morgan fingerprint density at radius 1 is 1.00 bits per heavy atom. The van der Waals surface area contributed by atoms with Crippen LogP contribution in [-0.2, 0) is 11.2 Å². The number of para-hydroxylation sites is 2. The van der Waals surface area contributed by atoms with Gasteiger partial charge in [0, 0.05) is 29.3 Å². The minimum Gasteiger partial charge on any atom is -0.325 e. The van der Waals surface area contributed by atoms with Gasteiger partial charge in [-0.2, -0.15) is 0 Å². The summed E-state index contributed by atoms with van der Waals surface area (Å²) in [6.07, 6.45) is 4.34. The van der Waals surface area contributed by atoms with Crippen LogP contribution in [0.4, 0.5) is 5.69 Å². The number of rotatable bonds is 7. The molecule has 0 radical (unpaired) electrons. The predicted octanol–water partition coefficient (Wildman–Crippen LogP) is 4.62. The first-order chi connectivity index (χ1) is 14.8. The summed E-state index contributed by atoms with van der Waals surface area (Å²) in [6, 6.07) is 21.5. The summed E-state index contributed by atoms with van der Waals surface area (Å²) in [7, 11) is 0. The third-order valence-corrected chi connectivity index (χ3v) is 5.50. The SMILES string of the molecule is CCc1ccccc1NC(=O)CSc1nnc(-c2cccnc2)n1-c1ccccc1. The molecule has 150 valence electrons. The molecule has 0 spiro atoms. The highest BCUT2D eigenvalue weighted by molar-refractivity contribution is 7.99. The molecule has 0 saturated heterocycles. The number of benzene rings is 2. The highest BCUT2D eigenvalue weighted by Crippen LogP contribution is 2.27. The Labute approximate surface area is 179 Å². The van der Waals surface area contributed by atoms with Gasteiger partial charge in [0.05, 0.1) is 5.75 Å². The molecule has 0 atom stereocenters. The van der Waals surface area contributed by atoms with Crippen LogP contribution in [0.15, 0.2) is 84.3 Å². The first kappa shape index (κ1) is 19.8. The molecule has 1 N–H and O–H groups in total. The lowest BCUT2D eigenvalue weighted by molar-refractivity contribution is -0.113. The van der Waals surface area contributed by atoms with E-state index in [0.717, 1.165) is 28.9 Å². The lowest BCUT2D eigenvalue weighted by Gasteiger charge is -2.11. The van der Waals surface area contributed by atoms with Gasteiger partial charge in [-0.3, -0.25) is 14.3 Å². The number of hydrogen-bond acceptors (Lipinski definition) is 5. The zero-order valence-corrected chi connectivity index (χ0v) is 17.3. The molecular formula is C23H21N5OS. The number of carbonyl (C=O) groups excluding carboxylic acids is 1. The first-order valence-electron chi connectivity index (χ1n) is 9.68. The smallest absolute Gasteiger partial charge is 0.234 e. The fourth-order valence-electron chi connectivity index (χ4n) is 3.12. The molecule has 6 nitrogen and oxygen atoms in total. The summed E-state index contributed by atoms with van der Waals surface area (Å²) in [5.74, 6) is 0.843. The van der Waals surface area contributed by atoms with Gasteiger partial charge in [0.15, 0.2) is 11.0 Å². The first-order valence-corrected chi connectivity index (χ1v) is 10.7. The van der Waals surface area contributed by atoms with E-state index in [0.29, 0.717) is 11.0 Å². The zero-order chi connectivity index (χ0) is 20.8. The fourth-order valence-corrected chi connectivity index (χ4v) is 3.87. The van der Waals surface area contributed by atoms with Crippen molar-refractivity contribution in [2.45, 2.75) is 18.5 Å². The number of pyridine rings is 1. The highest BCUT2D eigenvalue weighted by atomic mass is 32.2. The van der Waals surface area contributed by atoms with E-state index in [-0.39, 0.29) is 11.7 Å².